The maximum atomic E-state index is 12.3. The van der Waals surface area contributed by atoms with E-state index in [2.05, 4.69) is 53.0 Å². The molecule has 0 aromatic heterocycles. The molecule has 0 amide bonds. The van der Waals surface area contributed by atoms with E-state index >= 15 is 0 Å². The molecule has 1 aliphatic heterocycles. The molecule has 0 aliphatic carbocycles. The van der Waals surface area contributed by atoms with Gasteiger partial charge in [0.25, 0.3) is 0 Å². The summed E-state index contributed by atoms with van der Waals surface area (Å²) in [6.45, 7) is 18.3. The van der Waals surface area contributed by atoms with Crippen LogP contribution in [-0.2, 0) is 49.3 Å². The van der Waals surface area contributed by atoms with Crippen LogP contribution in [0.25, 0.3) is 0 Å². The molecule has 0 N–H and O–H groups in total. The lowest BCUT2D eigenvalue weighted by molar-refractivity contribution is -0.254. The third-order valence-electron chi connectivity index (χ3n) is 9.03. The lowest BCUT2D eigenvalue weighted by Gasteiger charge is -2.44. The van der Waals surface area contributed by atoms with Gasteiger partial charge in [-0.15, -0.1) is 5.54 Å². The summed E-state index contributed by atoms with van der Waals surface area (Å²) in [5, 5.41) is 0.514. The van der Waals surface area contributed by atoms with E-state index in [9.17, 15) is 19.2 Å². The van der Waals surface area contributed by atoms with Crippen LogP contribution in [0.15, 0.2) is 42.5 Å². The van der Waals surface area contributed by atoms with Gasteiger partial charge in [0.15, 0.2) is 18.3 Å². The Hall–Kier alpha value is -3.65. The topological polar surface area (TPSA) is 114 Å². The molecule has 3 rings (SSSR count). The van der Waals surface area contributed by atoms with Crippen molar-refractivity contribution >= 4 is 43.6 Å². The third kappa shape index (κ3) is 10.2. The molecule has 11 heteroatoms. The zero-order chi connectivity index (χ0) is 36.6. The van der Waals surface area contributed by atoms with Gasteiger partial charge in [-0.3, -0.25) is 19.2 Å². The van der Waals surface area contributed by atoms with Crippen LogP contribution in [0.4, 0.5) is 0 Å². The molecular formula is C38H49ClO9Si. The largest absolute Gasteiger partial charge is 0.463 e. The summed E-state index contributed by atoms with van der Waals surface area (Å²) in [4.78, 5) is 48.4. The molecule has 1 saturated heterocycles. The highest BCUT2D eigenvalue weighted by molar-refractivity contribution is 6.90. The SMILES string of the molecule is CC(=O)OC[C@H]1OC(c2ccc(Cl)c(Cc3ccc(C#C[Si](C(C)C)(C(C)C)C(C)C)cc3)c2)[C@H](OC(C)=O)[C@@H](OC(C)=O)[C@@H]1OC(C)=O. The molecule has 2 aromatic carbocycles. The van der Waals surface area contributed by atoms with Crippen LogP contribution in [-0.4, -0.2) is 63.0 Å². The Balaban J connectivity index is 2.00. The summed E-state index contributed by atoms with van der Waals surface area (Å²) in [5.74, 6) is 0.859. The Kier molecular flexibility index (Phi) is 14.1. The van der Waals surface area contributed by atoms with Crippen molar-refractivity contribution in [1.82, 2.24) is 0 Å². The predicted octanol–water partition coefficient (Wildman–Crippen LogP) is 7.30. The zero-order valence-electron chi connectivity index (χ0n) is 30.1. The summed E-state index contributed by atoms with van der Waals surface area (Å²) in [7, 11) is -1.87. The van der Waals surface area contributed by atoms with E-state index in [0.29, 0.717) is 33.6 Å². The number of carbonyl (C=O) groups is 4. The average Bonchev–Trinajstić information content (AvgIpc) is 2.99. The molecule has 9 nitrogen and oxygen atoms in total. The van der Waals surface area contributed by atoms with E-state index in [4.69, 9.17) is 35.3 Å². The van der Waals surface area contributed by atoms with Crippen LogP contribution in [0.3, 0.4) is 0 Å². The van der Waals surface area contributed by atoms with E-state index in [-0.39, 0.29) is 6.61 Å². The first-order chi connectivity index (χ1) is 23.0. The second-order valence-corrected chi connectivity index (χ2v) is 19.5. The van der Waals surface area contributed by atoms with Crippen molar-refractivity contribution in [3.8, 4) is 11.5 Å². The highest BCUT2D eigenvalue weighted by Crippen LogP contribution is 2.41. The molecule has 5 atom stereocenters. The Bertz CT molecular complexity index is 1540. The van der Waals surface area contributed by atoms with E-state index < -0.39 is 62.5 Å². The number of hydrogen-bond acceptors (Lipinski definition) is 9. The molecule has 0 bridgehead atoms. The van der Waals surface area contributed by atoms with Gasteiger partial charge in [0, 0.05) is 38.3 Å². The van der Waals surface area contributed by atoms with Gasteiger partial charge in [0.2, 0.25) is 0 Å². The van der Waals surface area contributed by atoms with Crippen molar-refractivity contribution in [2.24, 2.45) is 0 Å². The molecule has 1 heterocycles. The van der Waals surface area contributed by atoms with Crippen LogP contribution >= 0.6 is 11.6 Å². The normalized spacial score (nSPS) is 20.7. The lowest BCUT2D eigenvalue weighted by Crippen LogP contribution is -2.59. The molecule has 0 saturated carbocycles. The molecule has 266 valence electrons. The predicted molar refractivity (Wildman–Crippen MR) is 190 cm³/mol. The fourth-order valence-electron chi connectivity index (χ4n) is 6.94. The Morgan fingerprint density at radius 2 is 1.29 bits per heavy atom. The summed E-state index contributed by atoms with van der Waals surface area (Å²) >= 11 is 6.69. The minimum absolute atomic E-state index is 0.306. The number of carbonyl (C=O) groups excluding carboxylic acids is 4. The van der Waals surface area contributed by atoms with Gasteiger partial charge in [-0.2, -0.15) is 0 Å². The molecule has 0 spiro atoms. The van der Waals surface area contributed by atoms with E-state index in [1.807, 2.05) is 30.3 Å². The molecule has 1 aliphatic rings. The van der Waals surface area contributed by atoms with Gasteiger partial charge in [0.1, 0.15) is 26.9 Å². The lowest BCUT2D eigenvalue weighted by atomic mass is 9.89. The quantitative estimate of drug-likeness (QED) is 0.102. The van der Waals surface area contributed by atoms with Gasteiger partial charge < -0.3 is 23.7 Å². The fourth-order valence-corrected chi connectivity index (χ4v) is 12.4. The van der Waals surface area contributed by atoms with Crippen LogP contribution < -0.4 is 0 Å². The molecule has 0 radical (unpaired) electrons. The van der Waals surface area contributed by atoms with E-state index in [1.54, 1.807) is 12.1 Å². The Morgan fingerprint density at radius 1 is 0.755 bits per heavy atom. The first kappa shape index (κ1) is 39.8. The van der Waals surface area contributed by atoms with Crippen molar-refractivity contribution in [1.29, 1.82) is 0 Å². The number of ether oxygens (including phenoxy) is 5. The van der Waals surface area contributed by atoms with Crippen LogP contribution in [0.2, 0.25) is 21.6 Å². The van der Waals surface area contributed by atoms with E-state index in [1.165, 1.54) is 27.7 Å². The molecule has 1 fully saturated rings. The van der Waals surface area contributed by atoms with Gasteiger partial charge in [-0.05, 0) is 57.9 Å². The van der Waals surface area contributed by atoms with Gasteiger partial charge in [-0.1, -0.05) is 83.3 Å². The minimum Gasteiger partial charge on any atom is -0.463 e. The third-order valence-corrected chi connectivity index (χ3v) is 15.7. The van der Waals surface area contributed by atoms with Crippen LogP contribution in [0, 0.1) is 11.5 Å². The summed E-state index contributed by atoms with van der Waals surface area (Å²) < 4.78 is 28.3. The van der Waals surface area contributed by atoms with E-state index in [0.717, 1.165) is 16.7 Å². The monoisotopic (exact) mass is 712 g/mol. The van der Waals surface area contributed by atoms with Crippen LogP contribution in [0.5, 0.6) is 0 Å². The smallest absolute Gasteiger partial charge is 0.303 e. The molecule has 1 unspecified atom stereocenters. The minimum atomic E-state index is -1.87. The summed E-state index contributed by atoms with van der Waals surface area (Å²) in [5.41, 5.74) is 8.69. The fraction of sp³-hybridized carbons (Fsp3) is 0.526. The second-order valence-electron chi connectivity index (χ2n) is 13.5. The molecular weight excluding hydrogens is 664 g/mol. The van der Waals surface area contributed by atoms with Crippen LogP contribution in [0.1, 0.15) is 97.6 Å². The maximum Gasteiger partial charge on any atom is 0.303 e. The number of halogens is 1. The Morgan fingerprint density at radius 3 is 1.80 bits per heavy atom. The zero-order valence-corrected chi connectivity index (χ0v) is 31.9. The number of rotatable bonds is 11. The first-order valence-corrected chi connectivity index (χ1v) is 19.3. The summed E-state index contributed by atoms with van der Waals surface area (Å²) in [6, 6.07) is 13.4. The van der Waals surface area contributed by atoms with Crippen molar-refractivity contribution in [3.63, 3.8) is 0 Å². The molecule has 49 heavy (non-hydrogen) atoms. The second kappa shape index (κ2) is 17.3. The van der Waals surface area contributed by atoms with Crippen molar-refractivity contribution in [3.05, 3.63) is 69.7 Å². The number of benzene rings is 2. The van der Waals surface area contributed by atoms with Gasteiger partial charge >= 0.3 is 23.9 Å². The number of esters is 4. The maximum absolute atomic E-state index is 12.3. The average molecular weight is 713 g/mol. The van der Waals surface area contributed by atoms with Gasteiger partial charge in [0.05, 0.1) is 0 Å². The summed E-state index contributed by atoms with van der Waals surface area (Å²) in [6.07, 6.45) is -5.27. The highest BCUT2D eigenvalue weighted by Gasteiger charge is 2.52. The van der Waals surface area contributed by atoms with Crippen molar-refractivity contribution < 1.29 is 42.9 Å². The van der Waals surface area contributed by atoms with Gasteiger partial charge in [-0.25, -0.2) is 0 Å². The standard InChI is InChI=1S/C38H49ClO9Si/c1-22(2)49(23(3)4,24(5)6)18-17-29-11-13-30(14-12-29)19-32-20-31(15-16-33(32)39)35-37(46-27(9)42)38(47-28(10)43)36(45-26(8)41)34(48-35)21-44-25(7)40/h11-16,20,22-24,34-38H,19,21H2,1-10H3/t34-,35?,36-,37+,38+/m1/s1. The Labute approximate surface area is 296 Å². The number of hydrogen-bond donors (Lipinski definition) is 0. The highest BCUT2D eigenvalue weighted by atomic mass is 35.5. The van der Waals surface area contributed by atoms with Crippen molar-refractivity contribution in [2.45, 2.75) is 123 Å². The van der Waals surface area contributed by atoms with Crippen molar-refractivity contribution in [2.75, 3.05) is 6.61 Å². The molecule has 2 aromatic rings. The first-order valence-electron chi connectivity index (χ1n) is 16.7.